The van der Waals surface area contributed by atoms with E-state index in [1.165, 1.54) is 48.1 Å². The van der Waals surface area contributed by atoms with Crippen LogP contribution in [0, 0.1) is 11.6 Å². The van der Waals surface area contributed by atoms with Crippen LogP contribution in [-0.2, 0) is 20.8 Å². The minimum atomic E-state index is -1.03. The molecule has 2 saturated heterocycles. The third-order valence-electron chi connectivity index (χ3n) is 8.56. The van der Waals surface area contributed by atoms with Crippen molar-refractivity contribution in [1.29, 1.82) is 0 Å². The number of carbonyl (C=O) groups is 2. The van der Waals surface area contributed by atoms with Crippen molar-refractivity contribution in [3.8, 4) is 11.3 Å². The fourth-order valence-corrected chi connectivity index (χ4v) is 5.94. The molecule has 2 unspecified atom stereocenters. The van der Waals surface area contributed by atoms with Gasteiger partial charge in [-0.15, -0.1) is 6.58 Å². The summed E-state index contributed by atoms with van der Waals surface area (Å²) >= 11 is 0. The number of halogens is 2. The zero-order chi connectivity index (χ0) is 32.3. The number of carbonyl (C=O) groups excluding carboxylic acids is 1. The van der Waals surface area contributed by atoms with Crippen molar-refractivity contribution < 1.29 is 37.7 Å². The summed E-state index contributed by atoms with van der Waals surface area (Å²) in [5, 5.41) is 13.8. The van der Waals surface area contributed by atoms with Crippen LogP contribution >= 0.6 is 0 Å². The van der Waals surface area contributed by atoms with E-state index in [1.807, 2.05) is 0 Å². The fourth-order valence-electron chi connectivity index (χ4n) is 5.94. The van der Waals surface area contributed by atoms with Crippen LogP contribution in [0.1, 0.15) is 35.2 Å². The first-order chi connectivity index (χ1) is 21.6. The second-order valence-electron chi connectivity index (χ2n) is 11.2. The Morgan fingerprint density at radius 1 is 1.11 bits per heavy atom. The third-order valence-corrected chi connectivity index (χ3v) is 8.56. The molecule has 3 aromatic rings. The molecule has 2 aliphatic heterocycles. The molecule has 10 nitrogen and oxygen atoms in total. The van der Waals surface area contributed by atoms with Gasteiger partial charge in [-0.3, -0.25) is 9.80 Å². The number of methoxy groups -OCH3 is 2. The Bertz CT molecular complexity index is 1580. The molecule has 1 N–H and O–H groups in total. The van der Waals surface area contributed by atoms with E-state index in [2.05, 4.69) is 23.2 Å². The van der Waals surface area contributed by atoms with Crippen LogP contribution in [-0.4, -0.2) is 83.5 Å². The van der Waals surface area contributed by atoms with Gasteiger partial charge in [0.25, 0.3) is 0 Å². The van der Waals surface area contributed by atoms with Crippen molar-refractivity contribution >= 4 is 23.4 Å². The van der Waals surface area contributed by atoms with Crippen molar-refractivity contribution in [2.45, 2.75) is 43.6 Å². The average Bonchev–Trinajstić information content (AvgIpc) is 3.44. The number of carboxylic acid groups (broad SMARTS) is 1. The number of aromatic carboxylic acids is 1. The van der Waals surface area contributed by atoms with Crippen molar-refractivity contribution in [2.75, 3.05) is 38.8 Å². The minimum Gasteiger partial charge on any atom is -0.478 e. The summed E-state index contributed by atoms with van der Waals surface area (Å²) in [5.74, 6) is -2.45. The molecular formula is C33H36F2N4O6. The molecular weight excluding hydrogens is 586 g/mol. The molecule has 0 bridgehead atoms. The predicted octanol–water partition coefficient (Wildman–Crippen LogP) is 5.59. The van der Waals surface area contributed by atoms with Gasteiger partial charge in [0.1, 0.15) is 35.1 Å². The number of benzene rings is 2. The van der Waals surface area contributed by atoms with E-state index in [0.717, 1.165) is 6.07 Å². The lowest BCUT2D eigenvalue weighted by molar-refractivity contribution is -0.0496. The van der Waals surface area contributed by atoms with Crippen LogP contribution in [0.5, 0.6) is 0 Å². The smallest absolute Gasteiger partial charge is 0.414 e. The summed E-state index contributed by atoms with van der Waals surface area (Å²) in [5.41, 5.74) is 1.78. The second-order valence-corrected chi connectivity index (χ2v) is 11.2. The summed E-state index contributed by atoms with van der Waals surface area (Å²) in [4.78, 5) is 27.9. The molecule has 2 aliphatic rings. The Morgan fingerprint density at radius 3 is 2.38 bits per heavy atom. The molecule has 1 spiro atoms. The van der Waals surface area contributed by atoms with E-state index in [0.29, 0.717) is 68.1 Å². The fraction of sp³-hybridized carbons (Fsp3) is 0.364. The molecule has 0 saturated carbocycles. The summed E-state index contributed by atoms with van der Waals surface area (Å²) < 4.78 is 47.4. The molecule has 2 atom stereocenters. The van der Waals surface area contributed by atoms with E-state index in [4.69, 9.17) is 19.3 Å². The Hall–Kier alpha value is -4.39. The van der Waals surface area contributed by atoms with Crippen molar-refractivity contribution in [2.24, 2.45) is 0 Å². The quantitative estimate of drug-likeness (QED) is 0.276. The van der Waals surface area contributed by atoms with Gasteiger partial charge in [-0.2, -0.15) is 5.10 Å². The number of anilines is 1. The van der Waals surface area contributed by atoms with Gasteiger partial charge in [-0.25, -0.2) is 23.1 Å². The summed E-state index contributed by atoms with van der Waals surface area (Å²) in [7, 11) is 3.05. The van der Waals surface area contributed by atoms with Crippen LogP contribution in [0.15, 0.2) is 67.9 Å². The zero-order valence-corrected chi connectivity index (χ0v) is 25.2. The normalized spacial score (nSPS) is 18.0. The summed E-state index contributed by atoms with van der Waals surface area (Å²) in [6.07, 6.45) is 3.61. The largest absolute Gasteiger partial charge is 0.478 e. The van der Waals surface area contributed by atoms with Crippen LogP contribution in [0.2, 0.25) is 0 Å². The molecule has 1 amide bonds. The molecule has 2 fully saturated rings. The molecule has 2 aromatic carbocycles. The number of carboxylic acids is 1. The maximum absolute atomic E-state index is 15.0. The monoisotopic (exact) mass is 622 g/mol. The highest BCUT2D eigenvalue weighted by Crippen LogP contribution is 2.37. The molecule has 1 aromatic heterocycles. The van der Waals surface area contributed by atoms with Crippen LogP contribution in [0.3, 0.4) is 0 Å². The standard InChI is InChI=1S/C33H36F2N4O6/c1-5-28(43-3)30(44-4)21(2)39-20-23(29(36-39)26-11-8-24(34)18-27(26)35)19-37-15-12-33(13-16-37)14-17-38(32(42)45-33)25-9-6-22(7-10-25)31(40)41/h5-11,18,20,28,30H,1-2,12-17,19H2,3-4H3,(H,40,41). The number of ether oxygens (including phenoxy) is 3. The third kappa shape index (κ3) is 6.68. The summed E-state index contributed by atoms with van der Waals surface area (Å²) in [6, 6.07) is 9.51. The second kappa shape index (κ2) is 13.3. The summed E-state index contributed by atoms with van der Waals surface area (Å²) in [6.45, 7) is 10.0. The lowest BCUT2D eigenvalue weighted by Crippen LogP contribution is -2.54. The topological polar surface area (TPSA) is 106 Å². The molecule has 238 valence electrons. The highest BCUT2D eigenvalue weighted by Gasteiger charge is 2.43. The first-order valence-corrected chi connectivity index (χ1v) is 14.6. The first-order valence-electron chi connectivity index (χ1n) is 14.6. The number of piperidine rings is 1. The lowest BCUT2D eigenvalue weighted by Gasteiger charge is -2.45. The Kier molecular flexibility index (Phi) is 9.47. The number of hydrogen-bond donors (Lipinski definition) is 1. The maximum Gasteiger partial charge on any atom is 0.414 e. The number of rotatable bonds is 11. The van der Waals surface area contributed by atoms with Gasteiger partial charge in [0.15, 0.2) is 0 Å². The zero-order valence-electron chi connectivity index (χ0n) is 25.2. The van der Waals surface area contributed by atoms with Crippen molar-refractivity contribution in [3.63, 3.8) is 0 Å². The molecule has 0 aliphatic carbocycles. The van der Waals surface area contributed by atoms with Gasteiger partial charge < -0.3 is 19.3 Å². The molecule has 3 heterocycles. The van der Waals surface area contributed by atoms with Gasteiger partial charge in [0.05, 0.1) is 11.3 Å². The number of hydrogen-bond acceptors (Lipinski definition) is 7. The predicted molar refractivity (Wildman–Crippen MR) is 164 cm³/mol. The van der Waals surface area contributed by atoms with Crippen LogP contribution < -0.4 is 4.90 Å². The Morgan fingerprint density at radius 2 is 1.80 bits per heavy atom. The maximum atomic E-state index is 15.0. The van der Waals surface area contributed by atoms with E-state index in [9.17, 15) is 18.4 Å². The Balaban J connectivity index is 1.31. The number of nitrogens with zero attached hydrogens (tertiary/aromatic N) is 4. The van der Waals surface area contributed by atoms with E-state index < -0.39 is 41.5 Å². The molecule has 12 heteroatoms. The van der Waals surface area contributed by atoms with Crippen LogP contribution in [0.25, 0.3) is 17.0 Å². The molecule has 45 heavy (non-hydrogen) atoms. The van der Waals surface area contributed by atoms with Crippen molar-refractivity contribution in [1.82, 2.24) is 14.7 Å². The number of aromatic nitrogens is 2. The SMILES string of the molecule is C=CC(OC)C(OC)C(=C)n1cc(CN2CCC3(CC2)CCN(c2ccc(C(=O)O)cc2)C(=O)O3)c(-c2ccc(F)cc2F)n1. The van der Waals surface area contributed by atoms with Gasteiger partial charge in [-0.05, 0) is 36.4 Å². The minimum absolute atomic E-state index is 0.141. The Labute approximate surface area is 260 Å². The first kappa shape index (κ1) is 32.0. The molecule has 5 rings (SSSR count). The van der Waals surface area contributed by atoms with Gasteiger partial charge in [0, 0.05) is 88.7 Å². The lowest BCUT2D eigenvalue weighted by atomic mass is 9.86. The van der Waals surface area contributed by atoms with Gasteiger partial charge in [-0.1, -0.05) is 12.7 Å². The number of likely N-dealkylation sites (tertiary alicyclic amines) is 1. The van der Waals surface area contributed by atoms with E-state index in [-0.39, 0.29) is 11.1 Å². The highest BCUT2D eigenvalue weighted by atomic mass is 19.1. The van der Waals surface area contributed by atoms with Crippen molar-refractivity contribution in [3.05, 3.63) is 90.7 Å². The van der Waals surface area contributed by atoms with Crippen LogP contribution in [0.4, 0.5) is 19.3 Å². The number of amides is 1. The highest BCUT2D eigenvalue weighted by molar-refractivity contribution is 5.91. The van der Waals surface area contributed by atoms with Gasteiger partial charge >= 0.3 is 12.1 Å². The van der Waals surface area contributed by atoms with E-state index in [1.54, 1.807) is 24.4 Å². The average molecular weight is 623 g/mol. The molecule has 0 radical (unpaired) electrons. The van der Waals surface area contributed by atoms with E-state index >= 15 is 0 Å². The van der Waals surface area contributed by atoms with Gasteiger partial charge in [0.2, 0.25) is 0 Å².